The molecule has 0 spiro atoms. The Hall–Kier alpha value is -0.120. The fourth-order valence-corrected chi connectivity index (χ4v) is 4.49. The largest absolute Gasteiger partial charge is 0.377 e. The van der Waals surface area contributed by atoms with Gasteiger partial charge in [-0.1, -0.05) is 0 Å². The molecule has 98 valence electrons. The van der Waals surface area contributed by atoms with Crippen molar-refractivity contribution in [3.8, 4) is 0 Å². The van der Waals surface area contributed by atoms with Crippen molar-refractivity contribution in [2.75, 3.05) is 20.2 Å². The van der Waals surface area contributed by atoms with Crippen molar-refractivity contribution in [1.29, 1.82) is 0 Å². The molecule has 1 aliphatic heterocycles. The van der Waals surface area contributed by atoms with Crippen LogP contribution in [0, 0.1) is 17.8 Å². The van der Waals surface area contributed by atoms with Gasteiger partial charge in [0.05, 0.1) is 6.10 Å². The number of hydrogen-bond acceptors (Lipinski definition) is 3. The number of fused-ring (bicyclic) bond motifs is 2. The summed E-state index contributed by atoms with van der Waals surface area (Å²) in [6.07, 6.45) is 5.79. The molecule has 2 saturated carbocycles. The summed E-state index contributed by atoms with van der Waals surface area (Å²) in [6.45, 7) is 4.31. The average molecular weight is 238 g/mol. The van der Waals surface area contributed by atoms with Crippen LogP contribution in [0.15, 0.2) is 0 Å². The van der Waals surface area contributed by atoms with Crippen molar-refractivity contribution >= 4 is 0 Å². The minimum Gasteiger partial charge on any atom is -0.377 e. The maximum Gasteiger partial charge on any atom is 0.0702 e. The molecule has 0 aromatic carbocycles. The van der Waals surface area contributed by atoms with Crippen LogP contribution >= 0.6 is 0 Å². The van der Waals surface area contributed by atoms with Gasteiger partial charge in [-0.05, 0) is 57.4 Å². The molecule has 3 rings (SSSR count). The van der Waals surface area contributed by atoms with Gasteiger partial charge in [-0.2, -0.15) is 0 Å². The normalized spacial score (nSPS) is 49.4. The molecule has 0 radical (unpaired) electrons. The maximum absolute atomic E-state index is 6.39. The second-order valence-electron chi connectivity index (χ2n) is 6.45. The molecular weight excluding hydrogens is 212 g/mol. The van der Waals surface area contributed by atoms with Crippen LogP contribution in [-0.2, 0) is 4.74 Å². The summed E-state index contributed by atoms with van der Waals surface area (Å²) < 4.78 is 5.67. The molecule has 6 unspecified atom stereocenters. The van der Waals surface area contributed by atoms with Crippen molar-refractivity contribution in [2.45, 2.75) is 50.8 Å². The van der Waals surface area contributed by atoms with Crippen LogP contribution in [0.25, 0.3) is 0 Å². The first-order chi connectivity index (χ1) is 8.16. The van der Waals surface area contributed by atoms with Gasteiger partial charge in [0.1, 0.15) is 0 Å². The first-order valence-corrected chi connectivity index (χ1v) is 7.24. The monoisotopic (exact) mass is 238 g/mol. The fourth-order valence-electron chi connectivity index (χ4n) is 4.49. The molecule has 1 saturated heterocycles. The minimum absolute atomic E-state index is 0.398. The van der Waals surface area contributed by atoms with Gasteiger partial charge in [-0.3, -0.25) is 0 Å². The van der Waals surface area contributed by atoms with E-state index in [-0.39, 0.29) is 0 Å². The van der Waals surface area contributed by atoms with E-state index in [9.17, 15) is 0 Å². The minimum atomic E-state index is 0.398. The highest BCUT2D eigenvalue weighted by atomic mass is 16.5. The topological polar surface area (TPSA) is 38.5 Å². The predicted molar refractivity (Wildman–Crippen MR) is 68.7 cm³/mol. The van der Waals surface area contributed by atoms with Crippen LogP contribution in [0.1, 0.15) is 32.6 Å². The van der Waals surface area contributed by atoms with Gasteiger partial charge in [-0.25, -0.2) is 0 Å². The zero-order chi connectivity index (χ0) is 12.0. The molecule has 6 atom stereocenters. The lowest BCUT2D eigenvalue weighted by Crippen LogP contribution is -2.46. The maximum atomic E-state index is 6.39. The molecular formula is C14H26N2O. The Labute approximate surface area is 105 Å². The lowest BCUT2D eigenvalue weighted by molar-refractivity contribution is 0.0716. The Kier molecular flexibility index (Phi) is 3.18. The molecule has 2 aliphatic carbocycles. The predicted octanol–water partition coefficient (Wildman–Crippen LogP) is 1.47. The lowest BCUT2D eigenvalue weighted by Gasteiger charge is -2.35. The van der Waals surface area contributed by atoms with Gasteiger partial charge in [-0.15, -0.1) is 0 Å². The van der Waals surface area contributed by atoms with Gasteiger partial charge in [0.25, 0.3) is 0 Å². The van der Waals surface area contributed by atoms with E-state index in [1.54, 1.807) is 0 Å². The van der Waals surface area contributed by atoms with Gasteiger partial charge >= 0.3 is 0 Å². The van der Waals surface area contributed by atoms with E-state index in [4.69, 9.17) is 10.5 Å². The van der Waals surface area contributed by atoms with Gasteiger partial charge in [0.15, 0.2) is 0 Å². The van der Waals surface area contributed by atoms with E-state index in [1.165, 1.54) is 32.2 Å². The second-order valence-corrected chi connectivity index (χ2v) is 6.45. The van der Waals surface area contributed by atoms with E-state index in [1.807, 2.05) is 0 Å². The highest BCUT2D eigenvalue weighted by Crippen LogP contribution is 2.47. The van der Waals surface area contributed by atoms with Crippen LogP contribution in [0.4, 0.5) is 0 Å². The zero-order valence-corrected chi connectivity index (χ0v) is 11.1. The standard InChI is InChI=1S/C14H26N2O/c1-9-13(5-6-17-9)16(2)8-12-10-3-4-11(7-10)14(12)15/h9-14H,3-8,15H2,1-2H3. The number of rotatable bonds is 3. The first-order valence-electron chi connectivity index (χ1n) is 7.24. The quantitative estimate of drug-likeness (QED) is 0.809. The van der Waals surface area contributed by atoms with E-state index in [0.717, 1.165) is 24.4 Å². The molecule has 3 heteroatoms. The van der Waals surface area contributed by atoms with Crippen LogP contribution in [-0.4, -0.2) is 43.3 Å². The summed E-state index contributed by atoms with van der Waals surface area (Å²) in [4.78, 5) is 2.52. The third-order valence-corrected chi connectivity index (χ3v) is 5.56. The molecule has 0 aromatic rings. The Bertz CT molecular complexity index is 281. The van der Waals surface area contributed by atoms with Gasteiger partial charge in [0.2, 0.25) is 0 Å². The molecule has 1 heterocycles. The third kappa shape index (κ3) is 2.02. The molecule has 2 bridgehead atoms. The van der Waals surface area contributed by atoms with E-state index in [2.05, 4.69) is 18.9 Å². The first kappa shape index (κ1) is 11.9. The number of nitrogens with two attached hydrogens (primary N) is 1. The van der Waals surface area contributed by atoms with E-state index >= 15 is 0 Å². The lowest BCUT2D eigenvalue weighted by atomic mass is 9.84. The molecule has 0 aromatic heterocycles. The molecule has 3 fully saturated rings. The molecule has 0 amide bonds. The number of ether oxygens (including phenoxy) is 1. The Morgan fingerprint density at radius 3 is 2.59 bits per heavy atom. The molecule has 17 heavy (non-hydrogen) atoms. The summed E-state index contributed by atoms with van der Waals surface area (Å²) >= 11 is 0. The number of nitrogens with zero attached hydrogens (tertiary/aromatic N) is 1. The van der Waals surface area contributed by atoms with Gasteiger partial charge < -0.3 is 15.4 Å². The zero-order valence-electron chi connectivity index (χ0n) is 11.1. The summed E-state index contributed by atoms with van der Waals surface area (Å²) in [5, 5.41) is 0. The highest BCUT2D eigenvalue weighted by Gasteiger charge is 2.46. The van der Waals surface area contributed by atoms with Crippen molar-refractivity contribution in [2.24, 2.45) is 23.5 Å². The van der Waals surface area contributed by atoms with Crippen LogP contribution in [0.5, 0.6) is 0 Å². The smallest absolute Gasteiger partial charge is 0.0702 e. The van der Waals surface area contributed by atoms with Crippen molar-refractivity contribution in [3.05, 3.63) is 0 Å². The molecule has 2 N–H and O–H groups in total. The number of likely N-dealkylation sites (N-methyl/N-ethyl adjacent to an activating group) is 1. The van der Waals surface area contributed by atoms with E-state index in [0.29, 0.717) is 18.2 Å². The summed E-state index contributed by atoms with van der Waals surface area (Å²) in [5.74, 6) is 2.48. The SMILES string of the molecule is CC1OCCC1N(C)CC1C2CCC(C2)C1N. The van der Waals surface area contributed by atoms with Gasteiger partial charge in [0, 0.05) is 25.2 Å². The molecule has 3 aliphatic rings. The fraction of sp³-hybridized carbons (Fsp3) is 1.00. The highest BCUT2D eigenvalue weighted by molar-refractivity contribution is 5.00. The summed E-state index contributed by atoms with van der Waals surface area (Å²) in [6, 6.07) is 1.08. The Morgan fingerprint density at radius 1 is 1.24 bits per heavy atom. The second kappa shape index (κ2) is 4.52. The van der Waals surface area contributed by atoms with Crippen LogP contribution in [0.2, 0.25) is 0 Å². The summed E-state index contributed by atoms with van der Waals surface area (Å²) in [5.41, 5.74) is 6.39. The number of hydrogen-bond donors (Lipinski definition) is 1. The van der Waals surface area contributed by atoms with Crippen molar-refractivity contribution < 1.29 is 4.74 Å². The van der Waals surface area contributed by atoms with Crippen LogP contribution in [0.3, 0.4) is 0 Å². The van der Waals surface area contributed by atoms with Crippen LogP contribution < -0.4 is 5.73 Å². The van der Waals surface area contributed by atoms with Crippen molar-refractivity contribution in [1.82, 2.24) is 4.90 Å². The Balaban J connectivity index is 1.59. The van der Waals surface area contributed by atoms with Crippen molar-refractivity contribution in [3.63, 3.8) is 0 Å². The van der Waals surface area contributed by atoms with E-state index < -0.39 is 0 Å². The Morgan fingerprint density at radius 2 is 2.00 bits per heavy atom. The molecule has 3 nitrogen and oxygen atoms in total. The summed E-state index contributed by atoms with van der Waals surface area (Å²) in [7, 11) is 2.26. The third-order valence-electron chi connectivity index (χ3n) is 5.56. The average Bonchev–Trinajstić information content (AvgIpc) is 2.97.